The van der Waals surface area contributed by atoms with Gasteiger partial charge in [-0.05, 0) is 22.4 Å². The number of nitrogens with zero attached hydrogens (tertiary/aromatic N) is 1. The summed E-state index contributed by atoms with van der Waals surface area (Å²) in [5.74, 6) is 0. The van der Waals surface area contributed by atoms with E-state index in [0.717, 1.165) is 12.8 Å². The highest BCUT2D eigenvalue weighted by atomic mass is 79.9. The summed E-state index contributed by atoms with van der Waals surface area (Å²) < 4.78 is 1.93. The molecule has 1 rings (SSSR count). The predicted octanol–water partition coefficient (Wildman–Crippen LogP) is 1.88. The van der Waals surface area contributed by atoms with Crippen LogP contribution in [0.15, 0.2) is 20.3 Å². The van der Waals surface area contributed by atoms with Crippen LogP contribution in [0.2, 0.25) is 0 Å². The smallest absolute Gasteiger partial charge is 0.299 e. The predicted molar refractivity (Wildman–Crippen MR) is 63.2 cm³/mol. The third-order valence-corrected chi connectivity index (χ3v) is 2.78. The highest BCUT2D eigenvalue weighted by molar-refractivity contribution is 9.10. The summed E-state index contributed by atoms with van der Waals surface area (Å²) in [6.07, 6.45) is 5.97. The van der Waals surface area contributed by atoms with Crippen molar-refractivity contribution in [2.24, 2.45) is 0 Å². The summed E-state index contributed by atoms with van der Waals surface area (Å²) in [5.41, 5.74) is -0.704. The fourth-order valence-corrected chi connectivity index (χ4v) is 1.70. The van der Waals surface area contributed by atoms with Crippen LogP contribution in [0.1, 0.15) is 32.6 Å². The number of nitrogens with one attached hydrogen (secondary N) is 1. The van der Waals surface area contributed by atoms with Crippen molar-refractivity contribution < 1.29 is 0 Å². The normalized spacial score (nSPS) is 10.5. The number of unbranched alkanes of at least 4 members (excludes halogenated alkanes) is 3. The molecule has 15 heavy (non-hydrogen) atoms. The number of hydrogen-bond donors (Lipinski definition) is 1. The summed E-state index contributed by atoms with van der Waals surface area (Å²) in [5, 5.41) is 0. The monoisotopic (exact) mass is 274 g/mol. The van der Waals surface area contributed by atoms with Crippen molar-refractivity contribution in [1.82, 2.24) is 9.55 Å². The van der Waals surface area contributed by atoms with Crippen LogP contribution in [0.3, 0.4) is 0 Å². The van der Waals surface area contributed by atoms with Crippen LogP contribution >= 0.6 is 15.9 Å². The molecule has 0 aromatic carbocycles. The maximum atomic E-state index is 11.3. The molecule has 1 N–H and O–H groups in total. The van der Waals surface area contributed by atoms with Gasteiger partial charge in [0.25, 0.3) is 5.56 Å². The molecule has 0 aliphatic rings. The molecule has 0 saturated heterocycles. The lowest BCUT2D eigenvalue weighted by molar-refractivity contribution is 0.559. The van der Waals surface area contributed by atoms with E-state index >= 15 is 0 Å². The fourth-order valence-electron chi connectivity index (χ4n) is 1.36. The van der Waals surface area contributed by atoms with Crippen molar-refractivity contribution >= 4 is 15.9 Å². The van der Waals surface area contributed by atoms with Crippen molar-refractivity contribution in [3.63, 3.8) is 0 Å². The zero-order valence-corrected chi connectivity index (χ0v) is 10.3. The molecular formula is C10H15BrN2O2. The first kappa shape index (κ1) is 12.2. The molecule has 1 aromatic heterocycles. The maximum Gasteiger partial charge on any atom is 0.328 e. The first-order valence-corrected chi connectivity index (χ1v) is 5.93. The van der Waals surface area contributed by atoms with Crippen LogP contribution in [0, 0.1) is 0 Å². The third kappa shape index (κ3) is 3.66. The average molecular weight is 275 g/mol. The summed E-state index contributed by atoms with van der Waals surface area (Å²) in [6, 6.07) is 0. The molecule has 0 unspecified atom stereocenters. The Balaban J connectivity index is 2.66. The first-order valence-electron chi connectivity index (χ1n) is 5.14. The lowest BCUT2D eigenvalue weighted by Gasteiger charge is -2.04. The maximum absolute atomic E-state index is 11.3. The first-order chi connectivity index (χ1) is 7.15. The summed E-state index contributed by atoms with van der Waals surface area (Å²) >= 11 is 3.10. The van der Waals surface area contributed by atoms with Gasteiger partial charge in [0, 0.05) is 12.7 Å². The molecule has 1 heterocycles. The third-order valence-electron chi connectivity index (χ3n) is 2.22. The van der Waals surface area contributed by atoms with Gasteiger partial charge in [-0.15, -0.1) is 0 Å². The van der Waals surface area contributed by atoms with Gasteiger partial charge in [0.1, 0.15) is 0 Å². The zero-order chi connectivity index (χ0) is 11.3. The molecule has 0 atom stereocenters. The molecule has 4 nitrogen and oxygen atoms in total. The van der Waals surface area contributed by atoms with E-state index < -0.39 is 0 Å². The van der Waals surface area contributed by atoms with Crippen LogP contribution in [0.25, 0.3) is 0 Å². The van der Waals surface area contributed by atoms with E-state index in [4.69, 9.17) is 0 Å². The molecule has 0 spiro atoms. The SMILES string of the molecule is CCCCCCn1cc(Br)c(=O)[nH]c1=O. The van der Waals surface area contributed by atoms with E-state index in [9.17, 15) is 9.59 Å². The zero-order valence-electron chi connectivity index (χ0n) is 8.75. The van der Waals surface area contributed by atoms with Gasteiger partial charge < -0.3 is 0 Å². The average Bonchev–Trinajstić information content (AvgIpc) is 2.20. The van der Waals surface area contributed by atoms with Gasteiger partial charge in [-0.1, -0.05) is 26.2 Å². The minimum atomic E-state index is -0.371. The Morgan fingerprint density at radius 1 is 1.33 bits per heavy atom. The molecule has 84 valence electrons. The Hall–Kier alpha value is -0.840. The van der Waals surface area contributed by atoms with Gasteiger partial charge in [-0.2, -0.15) is 0 Å². The number of H-pyrrole nitrogens is 1. The van der Waals surface area contributed by atoms with Crippen molar-refractivity contribution in [2.75, 3.05) is 0 Å². The lowest BCUT2D eigenvalue weighted by atomic mass is 10.2. The van der Waals surface area contributed by atoms with Gasteiger partial charge >= 0.3 is 5.69 Å². The van der Waals surface area contributed by atoms with Gasteiger partial charge in [-0.25, -0.2) is 4.79 Å². The Kier molecular flexibility index (Phi) is 4.81. The second-order valence-corrected chi connectivity index (χ2v) is 4.34. The Labute approximate surface area is 96.5 Å². The number of aryl methyl sites for hydroxylation is 1. The van der Waals surface area contributed by atoms with Crippen molar-refractivity contribution in [2.45, 2.75) is 39.2 Å². The Bertz CT molecular complexity index is 422. The van der Waals surface area contributed by atoms with Crippen LogP contribution in [0.5, 0.6) is 0 Å². The summed E-state index contributed by atoms with van der Waals surface area (Å²) in [7, 11) is 0. The van der Waals surface area contributed by atoms with Crippen molar-refractivity contribution in [3.8, 4) is 0 Å². The van der Waals surface area contributed by atoms with Crippen molar-refractivity contribution in [1.29, 1.82) is 0 Å². The Morgan fingerprint density at radius 2 is 2.07 bits per heavy atom. The van der Waals surface area contributed by atoms with Crippen LogP contribution < -0.4 is 11.2 Å². The van der Waals surface area contributed by atoms with E-state index in [2.05, 4.69) is 27.8 Å². The molecule has 0 bridgehead atoms. The highest BCUT2D eigenvalue weighted by Crippen LogP contribution is 2.02. The molecule has 1 aromatic rings. The van der Waals surface area contributed by atoms with Crippen LogP contribution in [-0.2, 0) is 6.54 Å². The topological polar surface area (TPSA) is 54.9 Å². The van der Waals surface area contributed by atoms with Crippen LogP contribution in [-0.4, -0.2) is 9.55 Å². The molecular weight excluding hydrogens is 260 g/mol. The molecule has 0 radical (unpaired) electrons. The molecule has 0 aliphatic carbocycles. The largest absolute Gasteiger partial charge is 0.328 e. The number of aromatic nitrogens is 2. The second kappa shape index (κ2) is 5.90. The second-order valence-electron chi connectivity index (χ2n) is 3.49. The van der Waals surface area contributed by atoms with E-state index in [1.165, 1.54) is 17.4 Å². The number of halogens is 1. The molecule has 0 amide bonds. The van der Waals surface area contributed by atoms with Gasteiger partial charge in [0.05, 0.1) is 4.47 Å². The molecule has 0 saturated carbocycles. The standard InChI is InChI=1S/C10H15BrN2O2/c1-2-3-4-5-6-13-7-8(11)9(14)12-10(13)15/h7H,2-6H2,1H3,(H,12,14,15). The molecule has 5 heteroatoms. The van der Waals surface area contributed by atoms with E-state index in [1.54, 1.807) is 6.20 Å². The van der Waals surface area contributed by atoms with E-state index in [0.29, 0.717) is 11.0 Å². The van der Waals surface area contributed by atoms with E-state index in [1.807, 2.05) is 0 Å². The number of aromatic amines is 1. The summed E-state index contributed by atoms with van der Waals surface area (Å²) in [4.78, 5) is 24.6. The number of rotatable bonds is 5. The van der Waals surface area contributed by atoms with Gasteiger partial charge in [0.15, 0.2) is 0 Å². The van der Waals surface area contributed by atoms with Gasteiger partial charge in [-0.3, -0.25) is 14.3 Å². The Morgan fingerprint density at radius 3 is 2.73 bits per heavy atom. The molecule has 0 aliphatic heterocycles. The van der Waals surface area contributed by atoms with Crippen molar-refractivity contribution in [3.05, 3.63) is 31.5 Å². The van der Waals surface area contributed by atoms with Crippen LogP contribution in [0.4, 0.5) is 0 Å². The highest BCUT2D eigenvalue weighted by Gasteiger charge is 2.00. The molecule has 0 fully saturated rings. The summed E-state index contributed by atoms with van der Waals surface area (Å²) in [6.45, 7) is 2.80. The fraction of sp³-hybridized carbons (Fsp3) is 0.600. The number of hydrogen-bond acceptors (Lipinski definition) is 2. The van der Waals surface area contributed by atoms with Gasteiger partial charge in [0.2, 0.25) is 0 Å². The van der Waals surface area contributed by atoms with E-state index in [-0.39, 0.29) is 11.2 Å². The quantitative estimate of drug-likeness (QED) is 0.834. The minimum absolute atomic E-state index is 0.334. The minimum Gasteiger partial charge on any atom is -0.299 e. The lowest BCUT2D eigenvalue weighted by Crippen LogP contribution is -2.29.